The number of carbonyl (C=O) groups excluding carboxylic acids is 3. The first-order valence-electron chi connectivity index (χ1n) is 9.06. The van der Waals surface area contributed by atoms with Gasteiger partial charge in [-0.15, -0.1) is 0 Å². The van der Waals surface area contributed by atoms with Crippen LogP contribution in [0.15, 0.2) is 30.3 Å². The van der Waals surface area contributed by atoms with Crippen molar-refractivity contribution >= 4 is 18.0 Å². The number of nitrogens with zero attached hydrogens (tertiary/aromatic N) is 1. The van der Waals surface area contributed by atoms with E-state index in [0.29, 0.717) is 25.8 Å². The van der Waals surface area contributed by atoms with Gasteiger partial charge in [0.25, 0.3) is 0 Å². The molecule has 1 fully saturated rings. The maximum Gasteiger partial charge on any atom is 0.408 e. The standard InChI is InChI=1S/C20H28N2O5/c1-19(2,3)27-18(25)21-20(11-10-15-8-6-5-7-9-15)12-13-22(17(20)24)14-16(23)26-4/h5-9H,10-14H2,1-4H3,(H,21,25)/t20-/m1/s1. The molecule has 0 spiro atoms. The molecule has 7 heteroatoms. The lowest BCUT2D eigenvalue weighted by Gasteiger charge is -2.30. The summed E-state index contributed by atoms with van der Waals surface area (Å²) in [6, 6.07) is 9.75. The van der Waals surface area contributed by atoms with Crippen LogP contribution in [0.5, 0.6) is 0 Å². The summed E-state index contributed by atoms with van der Waals surface area (Å²) in [5, 5.41) is 2.79. The van der Waals surface area contributed by atoms with Crippen molar-refractivity contribution < 1.29 is 23.9 Å². The predicted octanol–water partition coefficient (Wildman–Crippen LogP) is 2.29. The summed E-state index contributed by atoms with van der Waals surface area (Å²) in [5.74, 6) is -0.769. The minimum absolute atomic E-state index is 0.127. The topological polar surface area (TPSA) is 84.9 Å². The van der Waals surface area contributed by atoms with Gasteiger partial charge in [0.2, 0.25) is 5.91 Å². The van der Waals surface area contributed by atoms with Crippen molar-refractivity contribution in [3.05, 3.63) is 35.9 Å². The van der Waals surface area contributed by atoms with Crippen LogP contribution < -0.4 is 5.32 Å². The molecular weight excluding hydrogens is 348 g/mol. The largest absolute Gasteiger partial charge is 0.468 e. The van der Waals surface area contributed by atoms with Gasteiger partial charge in [-0.2, -0.15) is 0 Å². The molecule has 0 unspecified atom stereocenters. The molecule has 1 saturated heterocycles. The van der Waals surface area contributed by atoms with E-state index in [-0.39, 0.29) is 12.5 Å². The van der Waals surface area contributed by atoms with Gasteiger partial charge in [-0.25, -0.2) is 4.79 Å². The van der Waals surface area contributed by atoms with Crippen LogP contribution >= 0.6 is 0 Å². The van der Waals surface area contributed by atoms with Crippen LogP contribution in [0.2, 0.25) is 0 Å². The number of aryl methyl sites for hydroxylation is 1. The Balaban J connectivity index is 2.16. The first-order chi connectivity index (χ1) is 12.6. The molecule has 1 aromatic rings. The Kier molecular flexibility index (Phi) is 6.46. The van der Waals surface area contributed by atoms with Gasteiger partial charge in [0, 0.05) is 6.54 Å². The Morgan fingerprint density at radius 2 is 1.89 bits per heavy atom. The second-order valence-corrected chi connectivity index (χ2v) is 7.75. The zero-order chi connectivity index (χ0) is 20.1. The van der Waals surface area contributed by atoms with Gasteiger partial charge in [-0.3, -0.25) is 9.59 Å². The van der Waals surface area contributed by atoms with Gasteiger partial charge in [0.15, 0.2) is 0 Å². The number of alkyl carbamates (subject to hydrolysis) is 1. The molecule has 0 radical (unpaired) electrons. The second-order valence-electron chi connectivity index (χ2n) is 7.75. The lowest BCUT2D eigenvalue weighted by atomic mass is 9.89. The summed E-state index contributed by atoms with van der Waals surface area (Å²) in [6.45, 7) is 5.55. The zero-order valence-corrected chi connectivity index (χ0v) is 16.4. The fraction of sp³-hybridized carbons (Fsp3) is 0.550. The smallest absolute Gasteiger partial charge is 0.408 e. The fourth-order valence-electron chi connectivity index (χ4n) is 3.12. The Labute approximate surface area is 160 Å². The molecule has 1 heterocycles. The molecular formula is C20H28N2O5. The quantitative estimate of drug-likeness (QED) is 0.770. The highest BCUT2D eigenvalue weighted by Crippen LogP contribution is 2.29. The van der Waals surface area contributed by atoms with E-state index in [9.17, 15) is 14.4 Å². The molecule has 1 aliphatic heterocycles. The average Bonchev–Trinajstić information content (AvgIpc) is 2.89. The molecule has 1 N–H and O–H groups in total. The molecule has 0 aromatic heterocycles. The highest BCUT2D eigenvalue weighted by Gasteiger charge is 2.48. The minimum Gasteiger partial charge on any atom is -0.468 e. The van der Waals surface area contributed by atoms with E-state index in [2.05, 4.69) is 10.1 Å². The summed E-state index contributed by atoms with van der Waals surface area (Å²) < 4.78 is 10.0. The number of nitrogens with one attached hydrogen (secondary N) is 1. The van der Waals surface area contributed by atoms with Gasteiger partial charge in [0.1, 0.15) is 17.7 Å². The Hall–Kier alpha value is -2.57. The number of rotatable bonds is 6. The van der Waals surface area contributed by atoms with E-state index in [1.54, 1.807) is 20.8 Å². The Bertz CT molecular complexity index is 683. The monoisotopic (exact) mass is 376 g/mol. The molecule has 0 bridgehead atoms. The summed E-state index contributed by atoms with van der Waals surface area (Å²) in [5.41, 5.74) is -0.688. The van der Waals surface area contributed by atoms with Gasteiger partial charge >= 0.3 is 12.1 Å². The Morgan fingerprint density at radius 3 is 2.48 bits per heavy atom. The number of methoxy groups -OCH3 is 1. The fourth-order valence-corrected chi connectivity index (χ4v) is 3.12. The maximum absolute atomic E-state index is 13.0. The van der Waals surface area contributed by atoms with Gasteiger partial charge in [-0.1, -0.05) is 30.3 Å². The number of likely N-dealkylation sites (tertiary alicyclic amines) is 1. The SMILES string of the molecule is COC(=O)CN1CC[C@@](CCc2ccccc2)(NC(=O)OC(C)(C)C)C1=O. The molecule has 148 valence electrons. The van der Waals surface area contributed by atoms with Crippen molar-refractivity contribution in [2.45, 2.75) is 51.2 Å². The zero-order valence-electron chi connectivity index (χ0n) is 16.4. The molecule has 2 rings (SSSR count). The molecule has 2 amide bonds. The van der Waals surface area contributed by atoms with Crippen LogP contribution in [0.25, 0.3) is 0 Å². The number of benzene rings is 1. The van der Waals surface area contributed by atoms with E-state index < -0.39 is 23.2 Å². The summed E-state index contributed by atoms with van der Waals surface area (Å²) in [7, 11) is 1.28. The van der Waals surface area contributed by atoms with Crippen molar-refractivity contribution in [2.24, 2.45) is 0 Å². The van der Waals surface area contributed by atoms with E-state index >= 15 is 0 Å². The molecule has 1 aromatic carbocycles. The second kappa shape index (κ2) is 8.41. The lowest BCUT2D eigenvalue weighted by molar-refractivity contribution is -0.146. The number of esters is 1. The van der Waals surface area contributed by atoms with Crippen LogP contribution in [-0.4, -0.2) is 54.2 Å². The van der Waals surface area contributed by atoms with Crippen molar-refractivity contribution in [2.75, 3.05) is 20.2 Å². The third kappa shape index (κ3) is 5.70. The average molecular weight is 376 g/mol. The summed E-state index contributed by atoms with van der Waals surface area (Å²) >= 11 is 0. The van der Waals surface area contributed by atoms with Gasteiger partial charge < -0.3 is 19.7 Å². The van der Waals surface area contributed by atoms with E-state index in [4.69, 9.17) is 4.74 Å². The molecule has 0 saturated carbocycles. The van der Waals surface area contributed by atoms with E-state index in [0.717, 1.165) is 5.56 Å². The highest BCUT2D eigenvalue weighted by molar-refractivity contribution is 5.94. The first-order valence-corrected chi connectivity index (χ1v) is 9.06. The van der Waals surface area contributed by atoms with Crippen LogP contribution in [0.4, 0.5) is 4.79 Å². The molecule has 1 atom stereocenters. The van der Waals surface area contributed by atoms with Crippen molar-refractivity contribution in [3.8, 4) is 0 Å². The predicted molar refractivity (Wildman–Crippen MR) is 100 cm³/mol. The number of amides is 2. The van der Waals surface area contributed by atoms with Crippen LogP contribution in [-0.2, 0) is 25.5 Å². The highest BCUT2D eigenvalue weighted by atomic mass is 16.6. The molecule has 27 heavy (non-hydrogen) atoms. The maximum atomic E-state index is 13.0. The van der Waals surface area contributed by atoms with E-state index in [1.807, 2.05) is 30.3 Å². The number of hydrogen-bond donors (Lipinski definition) is 1. The molecule has 1 aliphatic rings. The van der Waals surface area contributed by atoms with Crippen molar-refractivity contribution in [3.63, 3.8) is 0 Å². The normalized spacial score (nSPS) is 19.7. The van der Waals surface area contributed by atoms with Crippen LogP contribution in [0.3, 0.4) is 0 Å². The summed E-state index contributed by atoms with van der Waals surface area (Å²) in [4.78, 5) is 38.4. The first kappa shape index (κ1) is 20.7. The van der Waals surface area contributed by atoms with Gasteiger partial charge in [0.05, 0.1) is 7.11 Å². The Morgan fingerprint density at radius 1 is 1.22 bits per heavy atom. The lowest BCUT2D eigenvalue weighted by Crippen LogP contribution is -2.55. The molecule has 7 nitrogen and oxygen atoms in total. The number of hydrogen-bond acceptors (Lipinski definition) is 5. The minimum atomic E-state index is -1.09. The van der Waals surface area contributed by atoms with Crippen molar-refractivity contribution in [1.82, 2.24) is 10.2 Å². The van der Waals surface area contributed by atoms with Crippen LogP contribution in [0, 0.1) is 0 Å². The van der Waals surface area contributed by atoms with Crippen LogP contribution in [0.1, 0.15) is 39.2 Å². The molecule has 0 aliphatic carbocycles. The van der Waals surface area contributed by atoms with E-state index in [1.165, 1.54) is 12.0 Å². The van der Waals surface area contributed by atoms with Crippen molar-refractivity contribution in [1.29, 1.82) is 0 Å². The number of carbonyl (C=O) groups is 3. The third-order valence-corrected chi connectivity index (χ3v) is 4.48. The third-order valence-electron chi connectivity index (χ3n) is 4.48. The van der Waals surface area contributed by atoms with Gasteiger partial charge in [-0.05, 0) is 45.6 Å². The number of ether oxygens (including phenoxy) is 2. The summed E-state index contributed by atoms with van der Waals surface area (Å²) in [6.07, 6.45) is 0.819.